The second-order valence-corrected chi connectivity index (χ2v) is 5.58. The van der Waals surface area contributed by atoms with E-state index in [0.717, 1.165) is 16.1 Å². The van der Waals surface area contributed by atoms with Crippen molar-refractivity contribution in [2.45, 2.75) is 26.4 Å². The van der Waals surface area contributed by atoms with Gasteiger partial charge in [0.25, 0.3) is 5.91 Å². The molecule has 0 unspecified atom stereocenters. The molecule has 0 spiro atoms. The van der Waals surface area contributed by atoms with Crippen LogP contribution in [-0.2, 0) is 20.7 Å². The normalized spacial score (nSPS) is 11.9. The van der Waals surface area contributed by atoms with E-state index in [1.165, 1.54) is 18.3 Å². The standard InChI is InChI=1S/C15H16N2O3S/c1-9-4-3-5-11(6-9)15-17-12(8-21-15)7-13(18)20-10(2)14(16)19/h3-6,8,10H,7H2,1-2H3,(H2,16,19)/t10-/m1/s1. The maximum atomic E-state index is 11.7. The lowest BCUT2D eigenvalue weighted by atomic mass is 10.1. The SMILES string of the molecule is Cc1cccc(-c2nc(CC(=O)O[C@H](C)C(N)=O)cs2)c1. The average Bonchev–Trinajstić information content (AvgIpc) is 2.86. The summed E-state index contributed by atoms with van der Waals surface area (Å²) in [6.45, 7) is 3.46. The Hall–Kier alpha value is -2.21. The van der Waals surface area contributed by atoms with Crippen LogP contribution in [0.15, 0.2) is 29.6 Å². The first kappa shape index (κ1) is 15.2. The van der Waals surface area contributed by atoms with Crippen LogP contribution >= 0.6 is 11.3 Å². The zero-order chi connectivity index (χ0) is 15.4. The number of hydrogen-bond donors (Lipinski definition) is 1. The van der Waals surface area contributed by atoms with Crippen LogP contribution in [0.1, 0.15) is 18.2 Å². The van der Waals surface area contributed by atoms with Crippen molar-refractivity contribution < 1.29 is 14.3 Å². The van der Waals surface area contributed by atoms with E-state index in [4.69, 9.17) is 10.5 Å². The molecule has 0 bridgehead atoms. The van der Waals surface area contributed by atoms with Crippen molar-refractivity contribution in [1.29, 1.82) is 0 Å². The van der Waals surface area contributed by atoms with Gasteiger partial charge in [-0.05, 0) is 19.9 Å². The maximum absolute atomic E-state index is 11.7. The molecular weight excluding hydrogens is 288 g/mol. The van der Waals surface area contributed by atoms with E-state index in [0.29, 0.717) is 5.69 Å². The molecule has 2 rings (SSSR count). The van der Waals surface area contributed by atoms with Gasteiger partial charge >= 0.3 is 5.97 Å². The molecule has 2 N–H and O–H groups in total. The van der Waals surface area contributed by atoms with Crippen LogP contribution in [0.25, 0.3) is 10.6 Å². The third kappa shape index (κ3) is 4.13. The quantitative estimate of drug-likeness (QED) is 0.857. The van der Waals surface area contributed by atoms with Crippen molar-refractivity contribution in [2.75, 3.05) is 0 Å². The second-order valence-electron chi connectivity index (χ2n) is 4.72. The highest BCUT2D eigenvalue weighted by Gasteiger charge is 2.16. The number of primary amides is 1. The Bertz CT molecular complexity index is 666. The largest absolute Gasteiger partial charge is 0.452 e. The Balaban J connectivity index is 2.03. The molecule has 1 amide bonds. The number of carbonyl (C=O) groups excluding carboxylic acids is 2. The molecule has 0 saturated heterocycles. The zero-order valence-corrected chi connectivity index (χ0v) is 12.6. The van der Waals surface area contributed by atoms with E-state index < -0.39 is 18.0 Å². The van der Waals surface area contributed by atoms with E-state index in [9.17, 15) is 9.59 Å². The molecule has 110 valence electrons. The summed E-state index contributed by atoms with van der Waals surface area (Å²) in [6.07, 6.45) is -0.896. The number of esters is 1. The number of aryl methyl sites for hydroxylation is 1. The fourth-order valence-corrected chi connectivity index (χ4v) is 2.56. The Morgan fingerprint density at radius 3 is 2.86 bits per heavy atom. The number of aromatic nitrogens is 1. The summed E-state index contributed by atoms with van der Waals surface area (Å²) in [5.74, 6) is -1.18. The smallest absolute Gasteiger partial charge is 0.312 e. The van der Waals surface area contributed by atoms with Gasteiger partial charge in [0.1, 0.15) is 5.01 Å². The summed E-state index contributed by atoms with van der Waals surface area (Å²) in [4.78, 5) is 26.9. The van der Waals surface area contributed by atoms with Crippen LogP contribution in [0.5, 0.6) is 0 Å². The fraction of sp³-hybridized carbons (Fsp3) is 0.267. The monoisotopic (exact) mass is 304 g/mol. The van der Waals surface area contributed by atoms with Crippen molar-refractivity contribution in [3.63, 3.8) is 0 Å². The van der Waals surface area contributed by atoms with Crippen LogP contribution in [0.2, 0.25) is 0 Å². The first-order valence-electron chi connectivity index (χ1n) is 6.46. The fourth-order valence-electron chi connectivity index (χ4n) is 1.74. The minimum absolute atomic E-state index is 0.0277. The topological polar surface area (TPSA) is 82.3 Å². The summed E-state index contributed by atoms with van der Waals surface area (Å²) in [6, 6.07) is 7.99. The highest BCUT2D eigenvalue weighted by molar-refractivity contribution is 7.13. The molecule has 1 aromatic heterocycles. The van der Waals surface area contributed by atoms with Gasteiger partial charge < -0.3 is 10.5 Å². The number of amides is 1. The Labute approximate surface area is 126 Å². The van der Waals surface area contributed by atoms with E-state index in [2.05, 4.69) is 4.98 Å². The minimum atomic E-state index is -0.924. The lowest BCUT2D eigenvalue weighted by Gasteiger charge is -2.08. The summed E-state index contributed by atoms with van der Waals surface area (Å²) in [5, 5.41) is 2.66. The number of benzene rings is 1. The number of ether oxygens (including phenoxy) is 1. The maximum Gasteiger partial charge on any atom is 0.312 e. The molecule has 21 heavy (non-hydrogen) atoms. The molecule has 0 radical (unpaired) electrons. The lowest BCUT2D eigenvalue weighted by molar-refractivity contribution is -0.153. The van der Waals surface area contributed by atoms with Gasteiger partial charge in [-0.1, -0.05) is 23.8 Å². The molecular formula is C15H16N2O3S. The van der Waals surface area contributed by atoms with Gasteiger partial charge in [0.2, 0.25) is 0 Å². The van der Waals surface area contributed by atoms with Gasteiger partial charge in [-0.3, -0.25) is 9.59 Å². The molecule has 0 aliphatic rings. The molecule has 1 heterocycles. The third-order valence-corrected chi connectivity index (χ3v) is 3.79. The Kier molecular flexibility index (Phi) is 4.70. The Morgan fingerprint density at radius 2 is 2.19 bits per heavy atom. The summed E-state index contributed by atoms with van der Waals surface area (Å²) in [5.41, 5.74) is 7.84. The van der Waals surface area contributed by atoms with Crippen LogP contribution < -0.4 is 5.73 Å². The molecule has 6 heteroatoms. The number of thiazole rings is 1. The van der Waals surface area contributed by atoms with Gasteiger partial charge in [-0.15, -0.1) is 11.3 Å². The van der Waals surface area contributed by atoms with Crippen LogP contribution in [0.4, 0.5) is 0 Å². The van der Waals surface area contributed by atoms with Gasteiger partial charge in [0, 0.05) is 10.9 Å². The first-order chi connectivity index (χ1) is 9.95. The van der Waals surface area contributed by atoms with Crippen molar-refractivity contribution >= 4 is 23.2 Å². The Morgan fingerprint density at radius 1 is 1.43 bits per heavy atom. The summed E-state index contributed by atoms with van der Waals surface area (Å²) < 4.78 is 4.90. The third-order valence-electron chi connectivity index (χ3n) is 2.85. The van der Waals surface area contributed by atoms with Crippen molar-refractivity contribution in [3.8, 4) is 10.6 Å². The van der Waals surface area contributed by atoms with Crippen molar-refractivity contribution in [3.05, 3.63) is 40.9 Å². The molecule has 0 fully saturated rings. The molecule has 0 aliphatic heterocycles. The number of rotatable bonds is 5. The highest BCUT2D eigenvalue weighted by Crippen LogP contribution is 2.24. The molecule has 5 nitrogen and oxygen atoms in total. The van der Waals surface area contributed by atoms with E-state index in [1.54, 1.807) is 0 Å². The lowest BCUT2D eigenvalue weighted by Crippen LogP contribution is -2.30. The number of hydrogen-bond acceptors (Lipinski definition) is 5. The summed E-state index contributed by atoms with van der Waals surface area (Å²) >= 11 is 1.47. The zero-order valence-electron chi connectivity index (χ0n) is 11.8. The second kappa shape index (κ2) is 6.49. The molecule has 2 aromatic rings. The van der Waals surface area contributed by atoms with Crippen molar-refractivity contribution in [1.82, 2.24) is 4.98 Å². The van der Waals surface area contributed by atoms with Crippen LogP contribution in [0, 0.1) is 6.92 Å². The number of carbonyl (C=O) groups is 2. The van der Waals surface area contributed by atoms with Gasteiger partial charge in [-0.2, -0.15) is 0 Å². The van der Waals surface area contributed by atoms with Crippen molar-refractivity contribution in [2.24, 2.45) is 5.73 Å². The van der Waals surface area contributed by atoms with Crippen LogP contribution in [-0.4, -0.2) is 23.0 Å². The molecule has 1 atom stereocenters. The average molecular weight is 304 g/mol. The van der Waals surface area contributed by atoms with Crippen LogP contribution in [0.3, 0.4) is 0 Å². The van der Waals surface area contributed by atoms with Gasteiger partial charge in [0.15, 0.2) is 6.10 Å². The first-order valence-corrected chi connectivity index (χ1v) is 7.34. The van der Waals surface area contributed by atoms with Gasteiger partial charge in [-0.25, -0.2) is 4.98 Å². The number of nitrogens with two attached hydrogens (primary N) is 1. The van der Waals surface area contributed by atoms with E-state index in [-0.39, 0.29) is 6.42 Å². The minimum Gasteiger partial charge on any atom is -0.452 e. The highest BCUT2D eigenvalue weighted by atomic mass is 32.1. The van der Waals surface area contributed by atoms with E-state index in [1.807, 2.05) is 36.6 Å². The molecule has 1 aromatic carbocycles. The predicted molar refractivity (Wildman–Crippen MR) is 80.7 cm³/mol. The number of nitrogens with zero attached hydrogens (tertiary/aromatic N) is 1. The van der Waals surface area contributed by atoms with Gasteiger partial charge in [0.05, 0.1) is 12.1 Å². The molecule has 0 saturated carbocycles. The predicted octanol–water partition coefficient (Wildman–Crippen LogP) is 2.08. The van der Waals surface area contributed by atoms with E-state index >= 15 is 0 Å². The molecule has 0 aliphatic carbocycles. The summed E-state index contributed by atoms with van der Waals surface area (Å²) in [7, 11) is 0.